The highest BCUT2D eigenvalue weighted by Crippen LogP contribution is 2.17. The highest BCUT2D eigenvalue weighted by atomic mass is 19.1. The summed E-state index contributed by atoms with van der Waals surface area (Å²) in [6.07, 6.45) is 4.30. The van der Waals surface area contributed by atoms with Crippen LogP contribution in [0.3, 0.4) is 0 Å². The molecule has 0 bridgehead atoms. The Bertz CT molecular complexity index is 1160. The first-order valence-electron chi connectivity index (χ1n) is 12.7. The van der Waals surface area contributed by atoms with Crippen molar-refractivity contribution in [3.63, 3.8) is 0 Å². The number of hydrogen-bond acceptors (Lipinski definition) is 9. The van der Waals surface area contributed by atoms with E-state index in [0.29, 0.717) is 49.6 Å². The minimum atomic E-state index is -0.675. The average Bonchev–Trinajstić information content (AvgIpc) is 2.87. The first-order valence-corrected chi connectivity index (χ1v) is 12.7. The first-order chi connectivity index (χ1) is 18.5. The van der Waals surface area contributed by atoms with Gasteiger partial charge in [0.05, 0.1) is 11.8 Å². The molecule has 2 aromatic heterocycles. The van der Waals surface area contributed by atoms with Crippen molar-refractivity contribution in [3.8, 4) is 11.8 Å². The van der Waals surface area contributed by atoms with Gasteiger partial charge in [0, 0.05) is 58.2 Å². The van der Waals surface area contributed by atoms with Crippen molar-refractivity contribution in [3.05, 3.63) is 36.0 Å². The molecule has 39 heavy (non-hydrogen) atoms. The molecule has 0 aromatic carbocycles. The highest BCUT2D eigenvalue weighted by molar-refractivity contribution is 5.85. The molecule has 11 nitrogen and oxygen atoms in total. The van der Waals surface area contributed by atoms with E-state index in [9.17, 15) is 14.0 Å². The zero-order chi connectivity index (χ0) is 28.8. The van der Waals surface area contributed by atoms with Crippen LogP contribution in [0.4, 0.5) is 26.6 Å². The van der Waals surface area contributed by atoms with E-state index in [1.165, 1.54) is 24.2 Å². The number of anilines is 3. The summed E-state index contributed by atoms with van der Waals surface area (Å²) in [6.45, 7) is 8.57. The maximum absolute atomic E-state index is 13.4. The van der Waals surface area contributed by atoms with Crippen molar-refractivity contribution in [2.75, 3.05) is 44.5 Å². The van der Waals surface area contributed by atoms with E-state index in [0.717, 1.165) is 6.42 Å². The maximum atomic E-state index is 13.4. The van der Waals surface area contributed by atoms with Gasteiger partial charge < -0.3 is 25.4 Å². The number of carbonyl (C=O) groups is 2. The fraction of sp³-hybridized carbons (Fsp3) is 0.519. The van der Waals surface area contributed by atoms with Gasteiger partial charge in [-0.25, -0.2) is 14.8 Å². The van der Waals surface area contributed by atoms with Gasteiger partial charge in [-0.15, -0.1) is 0 Å². The van der Waals surface area contributed by atoms with Crippen LogP contribution in [0.15, 0.2) is 24.5 Å². The lowest BCUT2D eigenvalue weighted by Crippen LogP contribution is -2.47. The van der Waals surface area contributed by atoms with Crippen LogP contribution in [0, 0.1) is 17.8 Å². The van der Waals surface area contributed by atoms with E-state index in [1.54, 1.807) is 47.1 Å². The molecule has 0 radical (unpaired) electrons. The number of aromatic nitrogens is 3. The van der Waals surface area contributed by atoms with Crippen LogP contribution < -0.4 is 16.0 Å². The number of hydrogen-bond donors (Lipinski definition) is 3. The molecule has 2 rings (SSSR count). The molecule has 0 saturated heterocycles. The van der Waals surface area contributed by atoms with E-state index in [2.05, 4.69) is 42.7 Å². The Morgan fingerprint density at radius 3 is 2.67 bits per heavy atom. The smallest absolute Gasteiger partial charge is 0.410 e. The third-order valence-electron chi connectivity index (χ3n) is 5.23. The van der Waals surface area contributed by atoms with Crippen LogP contribution in [0.1, 0.15) is 52.5 Å². The number of ether oxygens (including phenoxy) is 2. The van der Waals surface area contributed by atoms with Crippen molar-refractivity contribution >= 4 is 29.5 Å². The Morgan fingerprint density at radius 2 is 1.97 bits per heavy atom. The zero-order valence-corrected chi connectivity index (χ0v) is 23.4. The number of carbonyl (C=O) groups excluding carboxylic acids is 2. The molecule has 0 aliphatic carbocycles. The molecule has 0 fully saturated rings. The Kier molecular flexibility index (Phi) is 12.4. The summed E-state index contributed by atoms with van der Waals surface area (Å²) in [5.74, 6) is 6.09. The Labute approximate surface area is 229 Å². The van der Waals surface area contributed by atoms with Gasteiger partial charge in [-0.05, 0) is 46.6 Å². The van der Waals surface area contributed by atoms with Crippen LogP contribution >= 0.6 is 0 Å². The standard InChI is InChI=1S/C27H38FN7O4/c1-19(35(5)26(37)39-27(2,3)4)24(36)31-13-9-7-8-11-20-18-32-25(33-21-12-15-29-22(28)17-21)34-23(20)30-14-10-16-38-6/h12,15,17-19H,7,9-10,13-14,16H2,1-6H3,(H,31,36)(H2,29,30,32,33,34)/t19-/m0/s1. The van der Waals surface area contributed by atoms with Crippen LogP contribution in [-0.4, -0.2) is 77.3 Å². The predicted molar refractivity (Wildman–Crippen MR) is 147 cm³/mol. The summed E-state index contributed by atoms with van der Waals surface area (Å²) in [6, 6.07) is 2.18. The summed E-state index contributed by atoms with van der Waals surface area (Å²) in [5.41, 5.74) is 0.441. The normalized spacial score (nSPS) is 11.6. The predicted octanol–water partition coefficient (Wildman–Crippen LogP) is 3.71. The summed E-state index contributed by atoms with van der Waals surface area (Å²) in [4.78, 5) is 38.2. The zero-order valence-electron chi connectivity index (χ0n) is 23.4. The van der Waals surface area contributed by atoms with E-state index in [-0.39, 0.29) is 11.9 Å². The van der Waals surface area contributed by atoms with Gasteiger partial charge in [-0.3, -0.25) is 9.69 Å². The summed E-state index contributed by atoms with van der Waals surface area (Å²) in [7, 11) is 3.17. The van der Waals surface area contributed by atoms with Gasteiger partial charge in [0.25, 0.3) is 0 Å². The summed E-state index contributed by atoms with van der Waals surface area (Å²) >= 11 is 0. The molecule has 0 unspecified atom stereocenters. The second-order valence-electron chi connectivity index (χ2n) is 9.68. The molecule has 212 valence electrons. The summed E-state index contributed by atoms with van der Waals surface area (Å²) < 4.78 is 23.8. The number of pyridine rings is 1. The minimum absolute atomic E-state index is 0.274. The van der Waals surface area contributed by atoms with E-state index < -0.39 is 23.7 Å². The Balaban J connectivity index is 1.92. The van der Waals surface area contributed by atoms with Crippen molar-refractivity contribution in [1.29, 1.82) is 0 Å². The molecule has 2 heterocycles. The van der Waals surface area contributed by atoms with Gasteiger partial charge in [0.1, 0.15) is 17.5 Å². The fourth-order valence-corrected chi connectivity index (χ4v) is 3.06. The molecule has 0 aliphatic heterocycles. The van der Waals surface area contributed by atoms with Gasteiger partial charge in [-0.1, -0.05) is 11.8 Å². The van der Waals surface area contributed by atoms with Crippen LogP contribution in [0.25, 0.3) is 0 Å². The molecule has 1 atom stereocenters. The molecule has 3 N–H and O–H groups in total. The monoisotopic (exact) mass is 543 g/mol. The van der Waals surface area contributed by atoms with Gasteiger partial charge in [-0.2, -0.15) is 9.37 Å². The van der Waals surface area contributed by atoms with E-state index in [1.807, 2.05) is 0 Å². The second-order valence-corrected chi connectivity index (χ2v) is 9.68. The first kappa shape index (κ1) is 31.2. The number of methoxy groups -OCH3 is 1. The van der Waals surface area contributed by atoms with E-state index in [4.69, 9.17) is 9.47 Å². The third-order valence-corrected chi connectivity index (χ3v) is 5.23. The lowest BCUT2D eigenvalue weighted by Gasteiger charge is -2.28. The van der Waals surface area contributed by atoms with Gasteiger partial charge >= 0.3 is 6.09 Å². The minimum Gasteiger partial charge on any atom is -0.444 e. The van der Waals surface area contributed by atoms with Crippen molar-refractivity contribution in [2.45, 2.75) is 58.6 Å². The number of nitrogens with one attached hydrogen (secondary N) is 3. The number of likely N-dealkylation sites (N-methyl/N-ethyl adjacent to an activating group) is 1. The lowest BCUT2D eigenvalue weighted by molar-refractivity contribution is -0.125. The molecule has 12 heteroatoms. The molecular formula is C27H38FN7O4. The second kappa shape index (κ2) is 15.4. The topological polar surface area (TPSA) is 131 Å². The fourth-order valence-electron chi connectivity index (χ4n) is 3.06. The summed E-state index contributed by atoms with van der Waals surface area (Å²) in [5, 5.41) is 9.02. The highest BCUT2D eigenvalue weighted by Gasteiger charge is 2.26. The number of nitrogens with zero attached hydrogens (tertiary/aromatic N) is 4. The van der Waals surface area contributed by atoms with Gasteiger partial charge in [0.15, 0.2) is 0 Å². The number of halogens is 1. The number of amides is 2. The van der Waals surface area contributed by atoms with E-state index >= 15 is 0 Å². The lowest BCUT2D eigenvalue weighted by atomic mass is 10.2. The SMILES string of the molecule is COCCCNc1nc(Nc2ccnc(F)c2)ncc1C#CCCCNC(=O)[C@H](C)N(C)C(=O)OC(C)(C)C. The number of unbranched alkanes of at least 4 members (excludes halogenated alkanes) is 1. The maximum Gasteiger partial charge on any atom is 0.410 e. The van der Waals surface area contributed by atoms with Crippen molar-refractivity contribution in [2.24, 2.45) is 0 Å². The molecule has 2 amide bonds. The Hall–Kier alpha value is -3.98. The molecule has 2 aromatic rings. The third kappa shape index (κ3) is 11.5. The Morgan fingerprint density at radius 1 is 1.21 bits per heavy atom. The molecule has 0 aliphatic rings. The molecule has 0 saturated carbocycles. The molecule has 0 spiro atoms. The van der Waals surface area contributed by atoms with Crippen molar-refractivity contribution in [1.82, 2.24) is 25.2 Å². The largest absolute Gasteiger partial charge is 0.444 e. The van der Waals surface area contributed by atoms with Crippen LogP contribution in [0.2, 0.25) is 0 Å². The quantitative estimate of drug-likeness (QED) is 0.208. The van der Waals surface area contributed by atoms with Crippen LogP contribution in [0.5, 0.6) is 0 Å². The average molecular weight is 544 g/mol. The number of rotatable bonds is 12. The molecular weight excluding hydrogens is 505 g/mol. The van der Waals surface area contributed by atoms with Gasteiger partial charge in [0.2, 0.25) is 17.8 Å². The van der Waals surface area contributed by atoms with Crippen LogP contribution in [-0.2, 0) is 14.3 Å². The van der Waals surface area contributed by atoms with Crippen molar-refractivity contribution < 1.29 is 23.5 Å².